The first kappa shape index (κ1) is 13.2. The lowest BCUT2D eigenvalue weighted by Gasteiger charge is -2.37. The molecule has 0 amide bonds. The standard InChI is InChI=1S/C15H23NO2/c1-9-10(2)14-12(11(3)13(9)17)5-6-15(4,18-14)7-8-16/h17H,5-8,16H2,1-4H3/t15-/m0/s1. The van der Waals surface area contributed by atoms with Gasteiger partial charge >= 0.3 is 0 Å². The van der Waals surface area contributed by atoms with Gasteiger partial charge in [-0.25, -0.2) is 0 Å². The van der Waals surface area contributed by atoms with Crippen LogP contribution in [0.15, 0.2) is 0 Å². The first-order valence-corrected chi connectivity index (χ1v) is 6.60. The first-order valence-electron chi connectivity index (χ1n) is 6.60. The molecule has 100 valence electrons. The van der Waals surface area contributed by atoms with Gasteiger partial charge in [-0.2, -0.15) is 0 Å². The molecule has 0 spiro atoms. The second-order valence-electron chi connectivity index (χ2n) is 5.62. The highest BCUT2D eigenvalue weighted by atomic mass is 16.5. The van der Waals surface area contributed by atoms with Crippen LogP contribution in [0.2, 0.25) is 0 Å². The van der Waals surface area contributed by atoms with Gasteiger partial charge in [-0.1, -0.05) is 0 Å². The van der Waals surface area contributed by atoms with Crippen molar-refractivity contribution in [2.24, 2.45) is 5.73 Å². The van der Waals surface area contributed by atoms with Gasteiger partial charge < -0.3 is 15.6 Å². The molecule has 1 aromatic rings. The highest BCUT2D eigenvalue weighted by Crippen LogP contribution is 2.43. The Labute approximate surface area is 109 Å². The quantitative estimate of drug-likeness (QED) is 0.847. The number of ether oxygens (including phenoxy) is 1. The molecule has 1 heterocycles. The molecule has 0 unspecified atom stereocenters. The summed E-state index contributed by atoms with van der Waals surface area (Å²) < 4.78 is 6.22. The van der Waals surface area contributed by atoms with E-state index < -0.39 is 0 Å². The van der Waals surface area contributed by atoms with Crippen molar-refractivity contribution in [3.8, 4) is 11.5 Å². The number of phenolic OH excluding ortho intramolecular Hbond substituents is 1. The summed E-state index contributed by atoms with van der Waals surface area (Å²) >= 11 is 0. The summed E-state index contributed by atoms with van der Waals surface area (Å²) in [5.74, 6) is 1.38. The molecule has 1 atom stereocenters. The summed E-state index contributed by atoms with van der Waals surface area (Å²) in [5, 5.41) is 10.1. The molecular weight excluding hydrogens is 226 g/mol. The lowest BCUT2D eigenvalue weighted by molar-refractivity contribution is 0.0574. The zero-order chi connectivity index (χ0) is 13.5. The fourth-order valence-electron chi connectivity index (χ4n) is 2.78. The van der Waals surface area contributed by atoms with Gasteiger partial charge in [-0.3, -0.25) is 0 Å². The molecule has 0 aromatic heterocycles. The predicted molar refractivity (Wildman–Crippen MR) is 73.3 cm³/mol. The average molecular weight is 249 g/mol. The lowest BCUT2D eigenvalue weighted by atomic mass is 9.85. The summed E-state index contributed by atoms with van der Waals surface area (Å²) in [6.07, 6.45) is 2.77. The van der Waals surface area contributed by atoms with Gasteiger partial charge in [0, 0.05) is 5.56 Å². The minimum atomic E-state index is -0.164. The van der Waals surface area contributed by atoms with Gasteiger partial charge in [0.25, 0.3) is 0 Å². The molecule has 3 nitrogen and oxygen atoms in total. The Bertz CT molecular complexity index is 482. The maximum absolute atomic E-state index is 10.1. The van der Waals surface area contributed by atoms with E-state index in [1.807, 2.05) is 20.8 Å². The fraction of sp³-hybridized carbons (Fsp3) is 0.600. The second-order valence-corrected chi connectivity index (χ2v) is 5.62. The first-order chi connectivity index (χ1) is 8.39. The number of aromatic hydroxyl groups is 1. The Morgan fingerprint density at radius 1 is 1.22 bits per heavy atom. The van der Waals surface area contributed by atoms with E-state index in [0.717, 1.165) is 47.3 Å². The molecule has 1 aromatic carbocycles. The molecule has 0 fully saturated rings. The lowest BCUT2D eigenvalue weighted by Crippen LogP contribution is -2.39. The molecule has 0 bridgehead atoms. The van der Waals surface area contributed by atoms with Crippen LogP contribution in [0, 0.1) is 20.8 Å². The van der Waals surface area contributed by atoms with Crippen molar-refractivity contribution in [2.45, 2.75) is 52.6 Å². The molecule has 1 aliphatic heterocycles. The van der Waals surface area contributed by atoms with E-state index in [0.29, 0.717) is 12.3 Å². The third-order valence-electron chi connectivity index (χ3n) is 4.27. The van der Waals surface area contributed by atoms with Crippen molar-refractivity contribution in [1.29, 1.82) is 0 Å². The van der Waals surface area contributed by atoms with Gasteiger partial charge in [0.1, 0.15) is 17.1 Å². The van der Waals surface area contributed by atoms with Crippen molar-refractivity contribution < 1.29 is 9.84 Å². The summed E-state index contributed by atoms with van der Waals surface area (Å²) in [6.45, 7) is 8.69. The van der Waals surface area contributed by atoms with E-state index >= 15 is 0 Å². The third kappa shape index (κ3) is 1.97. The SMILES string of the molecule is Cc1c(C)c2c(c(C)c1O)CC[C@@](C)(CCN)O2. The van der Waals surface area contributed by atoms with E-state index in [1.165, 1.54) is 0 Å². The third-order valence-corrected chi connectivity index (χ3v) is 4.27. The molecule has 0 saturated carbocycles. The van der Waals surface area contributed by atoms with Crippen molar-refractivity contribution in [1.82, 2.24) is 0 Å². The molecular formula is C15H23NO2. The van der Waals surface area contributed by atoms with Crippen LogP contribution in [0.1, 0.15) is 42.0 Å². The average Bonchev–Trinajstić information content (AvgIpc) is 2.34. The molecule has 3 N–H and O–H groups in total. The van der Waals surface area contributed by atoms with E-state index in [4.69, 9.17) is 10.5 Å². The Balaban J connectivity index is 2.50. The van der Waals surface area contributed by atoms with Crippen LogP contribution >= 0.6 is 0 Å². The molecule has 3 heteroatoms. The van der Waals surface area contributed by atoms with Crippen LogP contribution in [0.3, 0.4) is 0 Å². The number of fused-ring (bicyclic) bond motifs is 1. The van der Waals surface area contributed by atoms with Crippen molar-refractivity contribution in [3.05, 3.63) is 22.3 Å². The number of benzene rings is 1. The zero-order valence-corrected chi connectivity index (χ0v) is 11.8. The van der Waals surface area contributed by atoms with Gasteiger partial charge in [0.05, 0.1) is 0 Å². The number of hydrogen-bond donors (Lipinski definition) is 2. The van der Waals surface area contributed by atoms with E-state index in [-0.39, 0.29) is 5.60 Å². The highest BCUT2D eigenvalue weighted by Gasteiger charge is 2.33. The Hall–Kier alpha value is -1.22. The van der Waals surface area contributed by atoms with Gasteiger partial charge in [0.2, 0.25) is 0 Å². The number of nitrogens with two attached hydrogens (primary N) is 1. The molecule has 0 aliphatic carbocycles. The minimum Gasteiger partial charge on any atom is -0.507 e. The van der Waals surface area contributed by atoms with E-state index in [1.54, 1.807) is 0 Å². The van der Waals surface area contributed by atoms with E-state index in [9.17, 15) is 5.11 Å². The molecule has 2 rings (SSSR count). The Morgan fingerprint density at radius 2 is 1.89 bits per heavy atom. The normalized spacial score (nSPS) is 22.5. The summed E-state index contributed by atoms with van der Waals surface area (Å²) in [7, 11) is 0. The topological polar surface area (TPSA) is 55.5 Å². The molecule has 1 aliphatic rings. The van der Waals surface area contributed by atoms with Gasteiger partial charge in [-0.05, 0) is 70.2 Å². The number of rotatable bonds is 2. The maximum Gasteiger partial charge on any atom is 0.127 e. The largest absolute Gasteiger partial charge is 0.507 e. The van der Waals surface area contributed by atoms with Crippen LogP contribution in [0.5, 0.6) is 11.5 Å². The van der Waals surface area contributed by atoms with Crippen LogP contribution < -0.4 is 10.5 Å². The highest BCUT2D eigenvalue weighted by molar-refractivity contribution is 5.58. The second kappa shape index (κ2) is 4.47. The Morgan fingerprint density at radius 3 is 2.50 bits per heavy atom. The zero-order valence-electron chi connectivity index (χ0n) is 11.8. The van der Waals surface area contributed by atoms with Crippen LogP contribution in [-0.4, -0.2) is 17.3 Å². The number of hydrogen-bond acceptors (Lipinski definition) is 3. The summed E-state index contributed by atoms with van der Waals surface area (Å²) in [5.41, 5.74) is 9.59. The molecule has 0 radical (unpaired) electrons. The molecule has 0 saturated heterocycles. The van der Waals surface area contributed by atoms with Gasteiger partial charge in [0.15, 0.2) is 0 Å². The Kier molecular flexibility index (Phi) is 3.28. The van der Waals surface area contributed by atoms with Crippen LogP contribution in [0.25, 0.3) is 0 Å². The monoisotopic (exact) mass is 249 g/mol. The molecule has 18 heavy (non-hydrogen) atoms. The van der Waals surface area contributed by atoms with Crippen molar-refractivity contribution >= 4 is 0 Å². The summed E-state index contributed by atoms with van der Waals surface area (Å²) in [4.78, 5) is 0. The predicted octanol–water partition coefficient (Wildman–Crippen LogP) is 2.75. The maximum atomic E-state index is 10.1. The van der Waals surface area contributed by atoms with Crippen LogP contribution in [0.4, 0.5) is 0 Å². The fourth-order valence-corrected chi connectivity index (χ4v) is 2.78. The van der Waals surface area contributed by atoms with Gasteiger partial charge in [-0.15, -0.1) is 0 Å². The van der Waals surface area contributed by atoms with Crippen molar-refractivity contribution in [3.63, 3.8) is 0 Å². The minimum absolute atomic E-state index is 0.164. The van der Waals surface area contributed by atoms with E-state index in [2.05, 4.69) is 6.92 Å². The summed E-state index contributed by atoms with van der Waals surface area (Å²) in [6, 6.07) is 0. The smallest absolute Gasteiger partial charge is 0.127 e. The number of phenols is 1. The van der Waals surface area contributed by atoms with Crippen LogP contribution in [-0.2, 0) is 6.42 Å². The van der Waals surface area contributed by atoms with Crippen molar-refractivity contribution in [2.75, 3.05) is 6.54 Å².